The van der Waals surface area contributed by atoms with Crippen LogP contribution in [0.15, 0.2) is 35.7 Å². The van der Waals surface area contributed by atoms with Crippen LogP contribution in [0.3, 0.4) is 0 Å². The zero-order valence-electron chi connectivity index (χ0n) is 12.5. The highest BCUT2D eigenvalue weighted by atomic mass is 35.5. The van der Waals surface area contributed by atoms with Crippen LogP contribution in [0.2, 0.25) is 5.02 Å². The van der Waals surface area contributed by atoms with Gasteiger partial charge in [-0.2, -0.15) is 0 Å². The van der Waals surface area contributed by atoms with Crippen LogP contribution < -0.4 is 0 Å². The molecule has 21 heavy (non-hydrogen) atoms. The Kier molecular flexibility index (Phi) is 4.48. The van der Waals surface area contributed by atoms with Crippen molar-refractivity contribution in [1.82, 2.24) is 4.90 Å². The molecule has 0 amide bonds. The number of thiophene rings is 1. The van der Waals surface area contributed by atoms with Crippen LogP contribution in [0.1, 0.15) is 28.0 Å². The van der Waals surface area contributed by atoms with Crippen LogP contribution in [0, 0.1) is 0 Å². The molecule has 0 saturated carbocycles. The maximum atomic E-state index is 6.25. The summed E-state index contributed by atoms with van der Waals surface area (Å²) in [6.45, 7) is 1.07. The van der Waals surface area contributed by atoms with E-state index in [1.54, 1.807) is 0 Å². The van der Waals surface area contributed by atoms with Gasteiger partial charge in [0.05, 0.1) is 0 Å². The molecule has 0 saturated heterocycles. The summed E-state index contributed by atoms with van der Waals surface area (Å²) in [6.07, 6.45) is 5.67. The Balaban J connectivity index is 2.06. The molecule has 0 bridgehead atoms. The molecule has 3 heteroatoms. The molecule has 2 aromatic rings. The number of hydrogen-bond donors (Lipinski definition) is 0. The zero-order valence-corrected chi connectivity index (χ0v) is 14.1. The predicted octanol–water partition coefficient (Wildman–Crippen LogP) is 4.88. The number of nitrogens with zero attached hydrogens (tertiary/aromatic N) is 1. The minimum absolute atomic E-state index is 0.825. The predicted molar refractivity (Wildman–Crippen MR) is 93.4 cm³/mol. The van der Waals surface area contributed by atoms with Crippen LogP contribution in [-0.2, 0) is 12.8 Å². The van der Waals surface area contributed by atoms with Crippen molar-refractivity contribution >= 4 is 28.5 Å². The van der Waals surface area contributed by atoms with E-state index >= 15 is 0 Å². The first kappa shape index (κ1) is 14.8. The smallest absolute Gasteiger partial charge is 0.0412 e. The fourth-order valence-corrected chi connectivity index (χ4v) is 3.94. The third-order valence-electron chi connectivity index (χ3n) is 3.94. The molecule has 0 unspecified atom stereocenters. The summed E-state index contributed by atoms with van der Waals surface area (Å²) in [5, 5.41) is 3.03. The van der Waals surface area contributed by atoms with E-state index < -0.39 is 0 Å². The van der Waals surface area contributed by atoms with Crippen molar-refractivity contribution < 1.29 is 0 Å². The molecule has 3 rings (SSSR count). The van der Waals surface area contributed by atoms with Gasteiger partial charge in [-0.05, 0) is 79.2 Å². The van der Waals surface area contributed by atoms with Crippen LogP contribution in [0.4, 0.5) is 0 Å². The Morgan fingerprint density at radius 3 is 2.86 bits per heavy atom. The van der Waals surface area contributed by atoms with Crippen molar-refractivity contribution in [2.24, 2.45) is 0 Å². The molecule has 1 aliphatic rings. The maximum absolute atomic E-state index is 6.25. The SMILES string of the molecule is CN(C)CCC=C1c2cc(Cl)ccc2CCc2sccc21. The van der Waals surface area contributed by atoms with E-state index in [0.29, 0.717) is 0 Å². The second-order valence-electron chi connectivity index (χ2n) is 5.77. The van der Waals surface area contributed by atoms with Gasteiger partial charge in [-0.25, -0.2) is 0 Å². The van der Waals surface area contributed by atoms with Gasteiger partial charge in [0.15, 0.2) is 0 Å². The molecule has 1 aromatic carbocycles. The van der Waals surface area contributed by atoms with E-state index in [2.05, 4.69) is 48.7 Å². The minimum Gasteiger partial charge on any atom is -0.309 e. The van der Waals surface area contributed by atoms with Gasteiger partial charge in [0.25, 0.3) is 0 Å². The number of halogens is 1. The van der Waals surface area contributed by atoms with Crippen molar-refractivity contribution in [3.8, 4) is 0 Å². The van der Waals surface area contributed by atoms with Gasteiger partial charge in [-0.15, -0.1) is 11.3 Å². The first-order chi connectivity index (χ1) is 10.1. The average molecular weight is 318 g/mol. The molecule has 1 aromatic heterocycles. The number of fused-ring (bicyclic) bond motifs is 2. The van der Waals surface area contributed by atoms with Crippen molar-refractivity contribution in [3.63, 3.8) is 0 Å². The Hall–Kier alpha value is -1.09. The van der Waals surface area contributed by atoms with E-state index in [9.17, 15) is 0 Å². The first-order valence-corrected chi connectivity index (χ1v) is 8.61. The molecule has 0 radical (unpaired) electrons. The summed E-state index contributed by atoms with van der Waals surface area (Å²) in [5.74, 6) is 0. The molecule has 0 aliphatic heterocycles. The molecule has 110 valence electrons. The van der Waals surface area contributed by atoms with Gasteiger partial charge in [0.1, 0.15) is 0 Å². The molecule has 1 nitrogen and oxygen atoms in total. The van der Waals surface area contributed by atoms with Gasteiger partial charge in [-0.1, -0.05) is 23.7 Å². The summed E-state index contributed by atoms with van der Waals surface area (Å²) in [6, 6.07) is 8.59. The van der Waals surface area contributed by atoms with Crippen molar-refractivity contribution in [2.45, 2.75) is 19.3 Å². The number of benzene rings is 1. The molecule has 0 N–H and O–H groups in total. The first-order valence-electron chi connectivity index (χ1n) is 7.35. The van der Waals surface area contributed by atoms with E-state index in [4.69, 9.17) is 11.6 Å². The highest BCUT2D eigenvalue weighted by Gasteiger charge is 2.19. The number of rotatable bonds is 3. The van der Waals surface area contributed by atoms with Crippen LogP contribution in [0.25, 0.3) is 5.57 Å². The lowest BCUT2D eigenvalue weighted by Crippen LogP contribution is -2.12. The summed E-state index contributed by atoms with van der Waals surface area (Å²) in [4.78, 5) is 3.72. The summed E-state index contributed by atoms with van der Waals surface area (Å²) < 4.78 is 0. The molecule has 1 heterocycles. The van der Waals surface area contributed by atoms with E-state index in [0.717, 1.165) is 30.8 Å². The second kappa shape index (κ2) is 6.35. The van der Waals surface area contributed by atoms with Crippen molar-refractivity contribution in [1.29, 1.82) is 0 Å². The summed E-state index contributed by atoms with van der Waals surface area (Å²) >= 11 is 8.12. The van der Waals surface area contributed by atoms with Crippen molar-refractivity contribution in [3.05, 3.63) is 62.3 Å². The highest BCUT2D eigenvalue weighted by molar-refractivity contribution is 7.10. The quantitative estimate of drug-likeness (QED) is 0.779. The Bertz CT molecular complexity index is 670. The monoisotopic (exact) mass is 317 g/mol. The molecule has 0 atom stereocenters. The summed E-state index contributed by atoms with van der Waals surface area (Å²) in [5.41, 5.74) is 5.50. The largest absolute Gasteiger partial charge is 0.309 e. The molecule has 0 spiro atoms. The van der Waals surface area contributed by atoms with Gasteiger partial charge < -0.3 is 4.90 Å². The van der Waals surface area contributed by atoms with Gasteiger partial charge in [0.2, 0.25) is 0 Å². The normalized spacial score (nSPS) is 15.9. The van der Waals surface area contributed by atoms with Gasteiger partial charge in [0, 0.05) is 16.4 Å². The fourth-order valence-electron chi connectivity index (χ4n) is 2.87. The van der Waals surface area contributed by atoms with E-state index in [-0.39, 0.29) is 0 Å². The van der Waals surface area contributed by atoms with Gasteiger partial charge in [-0.3, -0.25) is 0 Å². The molecule has 1 aliphatic carbocycles. The van der Waals surface area contributed by atoms with Crippen LogP contribution in [0.5, 0.6) is 0 Å². The molecule has 0 fully saturated rings. The standard InChI is InChI=1S/C18H20ClNS/c1-20(2)10-3-4-15-16-9-11-21-18(16)8-6-13-5-7-14(19)12-17(13)15/h4-5,7,9,11-12H,3,6,8,10H2,1-2H3. The van der Waals surface area contributed by atoms with E-state index in [1.165, 1.54) is 27.1 Å². The van der Waals surface area contributed by atoms with Crippen molar-refractivity contribution in [2.75, 3.05) is 20.6 Å². The van der Waals surface area contributed by atoms with Crippen LogP contribution >= 0.6 is 22.9 Å². The third kappa shape index (κ3) is 3.23. The highest BCUT2D eigenvalue weighted by Crippen LogP contribution is 2.37. The third-order valence-corrected chi connectivity index (χ3v) is 5.16. The molecular weight excluding hydrogens is 298 g/mol. The topological polar surface area (TPSA) is 3.24 Å². The minimum atomic E-state index is 0.825. The Labute approximate surface area is 135 Å². The average Bonchev–Trinajstić information content (AvgIpc) is 2.85. The summed E-state index contributed by atoms with van der Waals surface area (Å²) in [7, 11) is 4.23. The van der Waals surface area contributed by atoms with E-state index in [1.807, 2.05) is 17.4 Å². The number of aryl methyl sites for hydroxylation is 2. The Morgan fingerprint density at radius 1 is 1.19 bits per heavy atom. The number of hydrogen-bond acceptors (Lipinski definition) is 2. The zero-order chi connectivity index (χ0) is 14.8. The fraction of sp³-hybridized carbons (Fsp3) is 0.333. The lowest BCUT2D eigenvalue weighted by Gasteiger charge is -2.12. The lowest BCUT2D eigenvalue weighted by molar-refractivity contribution is 0.417. The van der Waals surface area contributed by atoms with Crippen LogP contribution in [-0.4, -0.2) is 25.5 Å². The van der Waals surface area contributed by atoms with Gasteiger partial charge >= 0.3 is 0 Å². The lowest BCUT2D eigenvalue weighted by atomic mass is 9.95. The second-order valence-corrected chi connectivity index (χ2v) is 7.21. The maximum Gasteiger partial charge on any atom is 0.0412 e. The Morgan fingerprint density at radius 2 is 2.05 bits per heavy atom. The molecular formula is C18H20ClNS.